The van der Waals surface area contributed by atoms with Crippen LogP contribution in [-0.2, 0) is 13.2 Å². The SMILES string of the molecule is C[C@@H](Nc1nc(Cl)nc2c1cc(C1=CCNCC1)n2C)c1cc(N)cc(C(F)(F)F)c1. The monoisotopic (exact) mass is 450 g/mol. The van der Waals surface area contributed by atoms with Gasteiger partial charge in [-0.2, -0.15) is 18.2 Å². The first-order valence-corrected chi connectivity index (χ1v) is 10.2. The molecule has 1 aliphatic rings. The van der Waals surface area contributed by atoms with Gasteiger partial charge in [-0.15, -0.1) is 0 Å². The number of nitrogens with zero attached hydrogens (tertiary/aromatic N) is 3. The van der Waals surface area contributed by atoms with Gasteiger partial charge in [-0.05, 0) is 66.9 Å². The van der Waals surface area contributed by atoms with Crippen LogP contribution < -0.4 is 16.4 Å². The van der Waals surface area contributed by atoms with Crippen LogP contribution in [0.25, 0.3) is 16.6 Å². The normalized spacial score (nSPS) is 15.7. The van der Waals surface area contributed by atoms with Gasteiger partial charge in [0.15, 0.2) is 0 Å². The topological polar surface area (TPSA) is 80.8 Å². The Balaban J connectivity index is 1.73. The second-order valence-electron chi connectivity index (χ2n) is 7.60. The number of rotatable bonds is 4. The maximum absolute atomic E-state index is 13.2. The van der Waals surface area contributed by atoms with Crippen molar-refractivity contribution in [3.05, 3.63) is 52.4 Å². The summed E-state index contributed by atoms with van der Waals surface area (Å²) in [5.74, 6) is 0.454. The largest absolute Gasteiger partial charge is 0.416 e. The van der Waals surface area contributed by atoms with Crippen molar-refractivity contribution < 1.29 is 13.2 Å². The highest BCUT2D eigenvalue weighted by Gasteiger charge is 2.31. The molecule has 3 aromatic rings. The van der Waals surface area contributed by atoms with Gasteiger partial charge in [0, 0.05) is 25.0 Å². The lowest BCUT2D eigenvalue weighted by Gasteiger charge is -2.18. The molecule has 0 bridgehead atoms. The van der Waals surface area contributed by atoms with Crippen LogP contribution in [0.5, 0.6) is 0 Å². The summed E-state index contributed by atoms with van der Waals surface area (Å²) < 4.78 is 41.5. The van der Waals surface area contributed by atoms with Gasteiger partial charge in [0.1, 0.15) is 11.5 Å². The minimum atomic E-state index is -4.48. The molecule has 4 rings (SSSR count). The minimum absolute atomic E-state index is 0.0455. The van der Waals surface area contributed by atoms with Gasteiger partial charge in [0.05, 0.1) is 17.0 Å². The van der Waals surface area contributed by atoms with Gasteiger partial charge >= 0.3 is 6.18 Å². The molecule has 0 radical (unpaired) electrons. The van der Waals surface area contributed by atoms with E-state index in [0.29, 0.717) is 17.0 Å². The summed E-state index contributed by atoms with van der Waals surface area (Å²) in [6.45, 7) is 3.43. The molecule has 0 saturated carbocycles. The number of benzene rings is 1. The van der Waals surface area contributed by atoms with Gasteiger partial charge in [-0.1, -0.05) is 6.08 Å². The third kappa shape index (κ3) is 4.33. The highest BCUT2D eigenvalue weighted by Crippen LogP contribution is 2.35. The van der Waals surface area contributed by atoms with E-state index in [9.17, 15) is 13.2 Å². The molecule has 2 aromatic heterocycles. The lowest BCUT2D eigenvalue weighted by Crippen LogP contribution is -2.20. The summed E-state index contributed by atoms with van der Waals surface area (Å²) in [5, 5.41) is 7.27. The molecule has 0 fully saturated rings. The first-order valence-electron chi connectivity index (χ1n) is 9.81. The van der Waals surface area contributed by atoms with E-state index < -0.39 is 17.8 Å². The second kappa shape index (κ2) is 8.05. The smallest absolute Gasteiger partial charge is 0.399 e. The highest BCUT2D eigenvalue weighted by atomic mass is 35.5. The number of hydrogen-bond donors (Lipinski definition) is 3. The fourth-order valence-corrected chi connectivity index (χ4v) is 3.98. The molecule has 31 heavy (non-hydrogen) atoms. The minimum Gasteiger partial charge on any atom is -0.399 e. The summed E-state index contributed by atoms with van der Waals surface area (Å²) in [5.41, 5.74) is 8.22. The number of halogens is 4. The fourth-order valence-electron chi connectivity index (χ4n) is 3.82. The van der Waals surface area contributed by atoms with E-state index in [-0.39, 0.29) is 11.0 Å². The first kappa shape index (κ1) is 21.5. The van der Waals surface area contributed by atoms with E-state index in [2.05, 4.69) is 26.7 Å². The number of nitrogen functional groups attached to an aromatic ring is 1. The van der Waals surface area contributed by atoms with Crippen molar-refractivity contribution in [2.24, 2.45) is 7.05 Å². The zero-order chi connectivity index (χ0) is 22.3. The molecular formula is C21H22ClF3N6. The number of nitrogens with one attached hydrogen (secondary N) is 2. The average molecular weight is 451 g/mol. The van der Waals surface area contributed by atoms with E-state index in [1.54, 1.807) is 6.92 Å². The van der Waals surface area contributed by atoms with Crippen molar-refractivity contribution in [3.8, 4) is 0 Å². The molecule has 0 amide bonds. The number of hydrogen-bond acceptors (Lipinski definition) is 5. The Hall–Kier alpha value is -2.78. The summed E-state index contributed by atoms with van der Waals surface area (Å²) >= 11 is 6.16. The quantitative estimate of drug-likeness (QED) is 0.394. The Morgan fingerprint density at radius 2 is 2.00 bits per heavy atom. The van der Waals surface area contributed by atoms with Gasteiger partial charge in [0.25, 0.3) is 0 Å². The van der Waals surface area contributed by atoms with E-state index >= 15 is 0 Å². The van der Waals surface area contributed by atoms with Crippen LogP contribution in [0.4, 0.5) is 24.7 Å². The summed E-state index contributed by atoms with van der Waals surface area (Å²) in [4.78, 5) is 8.66. The number of alkyl halides is 3. The summed E-state index contributed by atoms with van der Waals surface area (Å²) in [6, 6.07) is 5.01. The Morgan fingerprint density at radius 3 is 2.68 bits per heavy atom. The summed E-state index contributed by atoms with van der Waals surface area (Å²) in [7, 11) is 1.91. The number of aromatic nitrogens is 3. The summed E-state index contributed by atoms with van der Waals surface area (Å²) in [6.07, 6.45) is -1.46. The first-order chi connectivity index (χ1) is 14.6. The van der Waals surface area contributed by atoms with E-state index in [0.717, 1.165) is 42.7 Å². The molecule has 3 heterocycles. The lowest BCUT2D eigenvalue weighted by atomic mass is 10.0. The Morgan fingerprint density at radius 1 is 1.23 bits per heavy atom. The predicted octanol–water partition coefficient (Wildman–Crippen LogP) is 4.77. The van der Waals surface area contributed by atoms with Crippen molar-refractivity contribution >= 4 is 39.7 Å². The molecule has 4 N–H and O–H groups in total. The van der Waals surface area contributed by atoms with Gasteiger partial charge < -0.3 is 20.9 Å². The van der Waals surface area contributed by atoms with Crippen LogP contribution in [0.3, 0.4) is 0 Å². The van der Waals surface area contributed by atoms with Crippen LogP contribution in [-0.4, -0.2) is 27.6 Å². The molecule has 1 aromatic carbocycles. The van der Waals surface area contributed by atoms with Crippen molar-refractivity contribution in [3.63, 3.8) is 0 Å². The predicted molar refractivity (Wildman–Crippen MR) is 117 cm³/mol. The second-order valence-corrected chi connectivity index (χ2v) is 7.94. The lowest BCUT2D eigenvalue weighted by molar-refractivity contribution is -0.137. The van der Waals surface area contributed by atoms with Crippen LogP contribution in [0, 0.1) is 0 Å². The molecule has 6 nitrogen and oxygen atoms in total. The van der Waals surface area contributed by atoms with Crippen molar-refractivity contribution in [2.45, 2.75) is 25.6 Å². The molecule has 1 aliphatic heterocycles. The maximum Gasteiger partial charge on any atom is 0.416 e. The average Bonchev–Trinajstić information content (AvgIpc) is 3.04. The molecule has 0 saturated heterocycles. The third-order valence-corrected chi connectivity index (χ3v) is 5.58. The van der Waals surface area contributed by atoms with Gasteiger partial charge in [-0.25, -0.2) is 4.98 Å². The Kier molecular flexibility index (Phi) is 5.57. The van der Waals surface area contributed by atoms with E-state index in [1.165, 1.54) is 11.6 Å². The zero-order valence-corrected chi connectivity index (χ0v) is 17.8. The van der Waals surface area contributed by atoms with Crippen molar-refractivity contribution in [1.82, 2.24) is 19.9 Å². The standard InChI is InChI=1S/C21H22ClF3N6/c1-11(13-7-14(21(23,24)25)9-15(26)8-13)28-18-16-10-17(12-3-5-27-6-4-12)31(2)19(16)30-20(22)29-18/h3,7-11,27H,4-6,26H2,1-2H3,(H,28,29,30)/t11-/m1/s1. The van der Waals surface area contributed by atoms with Crippen molar-refractivity contribution in [2.75, 3.05) is 24.1 Å². The molecule has 0 spiro atoms. The van der Waals surface area contributed by atoms with Gasteiger partial charge in [-0.3, -0.25) is 0 Å². The maximum atomic E-state index is 13.2. The van der Waals surface area contributed by atoms with Gasteiger partial charge in [0.2, 0.25) is 5.28 Å². The number of anilines is 2. The highest BCUT2D eigenvalue weighted by molar-refractivity contribution is 6.28. The molecule has 1 atom stereocenters. The van der Waals surface area contributed by atoms with Crippen LogP contribution in [0.1, 0.15) is 36.2 Å². The van der Waals surface area contributed by atoms with E-state index in [1.807, 2.05) is 17.7 Å². The van der Waals surface area contributed by atoms with Crippen molar-refractivity contribution in [1.29, 1.82) is 0 Å². The fraction of sp³-hybridized carbons (Fsp3) is 0.333. The molecule has 164 valence electrons. The third-order valence-electron chi connectivity index (χ3n) is 5.41. The molecule has 0 unspecified atom stereocenters. The number of nitrogens with two attached hydrogens (primary N) is 1. The van der Waals surface area contributed by atoms with E-state index in [4.69, 9.17) is 17.3 Å². The van der Waals surface area contributed by atoms with Crippen LogP contribution in [0.2, 0.25) is 5.28 Å². The zero-order valence-electron chi connectivity index (χ0n) is 17.0. The number of aryl methyl sites for hydroxylation is 1. The Labute approximate surface area is 182 Å². The molecule has 0 aliphatic carbocycles. The molecular weight excluding hydrogens is 429 g/mol. The Bertz CT molecular complexity index is 1170. The van der Waals surface area contributed by atoms with Crippen LogP contribution >= 0.6 is 11.6 Å². The number of fused-ring (bicyclic) bond motifs is 1. The molecule has 10 heteroatoms. The van der Waals surface area contributed by atoms with Crippen LogP contribution in [0.15, 0.2) is 30.3 Å².